The van der Waals surface area contributed by atoms with E-state index in [4.69, 9.17) is 4.74 Å². The summed E-state index contributed by atoms with van der Waals surface area (Å²) in [5, 5.41) is 3.90. The molecule has 2 rings (SSSR count). The van der Waals surface area contributed by atoms with E-state index < -0.39 is 5.97 Å². The minimum atomic E-state index is -0.415. The predicted octanol–water partition coefficient (Wildman–Crippen LogP) is 1.63. The molecule has 1 saturated heterocycles. The van der Waals surface area contributed by atoms with Crippen molar-refractivity contribution in [3.63, 3.8) is 0 Å². The van der Waals surface area contributed by atoms with Crippen molar-refractivity contribution in [2.75, 3.05) is 31.8 Å². The van der Waals surface area contributed by atoms with Gasteiger partial charge in [-0.2, -0.15) is 5.53 Å². The summed E-state index contributed by atoms with van der Waals surface area (Å²) < 4.78 is 4.94. The molecule has 1 aromatic rings. The highest BCUT2D eigenvalue weighted by atomic mass is 16.5. The molecule has 0 amide bonds. The van der Waals surface area contributed by atoms with Gasteiger partial charge in [0, 0.05) is 25.7 Å². The van der Waals surface area contributed by atoms with E-state index >= 15 is 0 Å². The molecule has 1 aromatic carbocycles. The monoisotopic (exact) mass is 291 g/mol. The van der Waals surface area contributed by atoms with Gasteiger partial charge in [-0.05, 0) is 38.0 Å². The Morgan fingerprint density at radius 3 is 2.76 bits per heavy atom. The van der Waals surface area contributed by atoms with Crippen LogP contribution in [0.3, 0.4) is 0 Å². The fourth-order valence-corrected chi connectivity index (χ4v) is 2.38. The van der Waals surface area contributed by atoms with Crippen LogP contribution >= 0.6 is 0 Å². The van der Waals surface area contributed by atoms with Gasteiger partial charge in [0.2, 0.25) is 0 Å². The number of anilines is 1. The van der Waals surface area contributed by atoms with Gasteiger partial charge in [-0.15, -0.1) is 0 Å². The van der Waals surface area contributed by atoms with E-state index in [1.807, 2.05) is 7.05 Å². The molecule has 6 heteroatoms. The maximum absolute atomic E-state index is 11.7. The molecule has 1 aliphatic heterocycles. The van der Waals surface area contributed by atoms with Gasteiger partial charge in [0.25, 0.3) is 0 Å². The van der Waals surface area contributed by atoms with Crippen LogP contribution in [0.2, 0.25) is 0 Å². The molecule has 1 heterocycles. The van der Waals surface area contributed by atoms with Crippen LogP contribution in [0.4, 0.5) is 5.69 Å². The molecule has 0 atom stereocenters. The number of hydrazine groups is 2. The minimum Gasteiger partial charge on any atom is -0.462 e. The molecule has 1 aliphatic rings. The number of carbonyl (C=O) groups is 2. The first kappa shape index (κ1) is 15.5. The smallest absolute Gasteiger partial charge is 0.338 e. The van der Waals surface area contributed by atoms with E-state index in [1.54, 1.807) is 30.1 Å². The third-order valence-corrected chi connectivity index (χ3v) is 3.42. The second-order valence-electron chi connectivity index (χ2n) is 4.97. The highest BCUT2D eigenvalue weighted by Gasteiger charge is 2.16. The first-order valence-electron chi connectivity index (χ1n) is 7.17. The fraction of sp³-hybridized carbons (Fsp3) is 0.467. The largest absolute Gasteiger partial charge is 0.462 e. The number of ether oxygens (including phenoxy) is 1. The van der Waals surface area contributed by atoms with Gasteiger partial charge in [-0.25, -0.2) is 9.80 Å². The van der Waals surface area contributed by atoms with E-state index in [-0.39, 0.29) is 0 Å². The van der Waals surface area contributed by atoms with Crippen LogP contribution in [-0.4, -0.2) is 44.0 Å². The molecule has 0 spiro atoms. The number of nitrogens with zero attached hydrogens (tertiary/aromatic N) is 2. The molecule has 0 radical (unpaired) electrons. The minimum absolute atomic E-state index is 0.313. The zero-order valence-corrected chi connectivity index (χ0v) is 12.5. The Hall–Kier alpha value is -1.92. The molecular formula is C15H21N3O3. The maximum Gasteiger partial charge on any atom is 0.338 e. The zero-order chi connectivity index (χ0) is 15.2. The molecular weight excluding hydrogens is 270 g/mol. The molecule has 6 nitrogen and oxygen atoms in total. The zero-order valence-electron chi connectivity index (χ0n) is 12.5. The van der Waals surface area contributed by atoms with E-state index in [0.717, 1.165) is 25.1 Å². The average Bonchev–Trinajstić information content (AvgIpc) is 2.99. The quantitative estimate of drug-likeness (QED) is 0.488. The molecule has 1 fully saturated rings. The topological polar surface area (TPSA) is 61.9 Å². The lowest BCUT2D eigenvalue weighted by Gasteiger charge is -2.27. The van der Waals surface area contributed by atoms with E-state index in [9.17, 15) is 9.59 Å². The Labute approximate surface area is 124 Å². The highest BCUT2D eigenvalue weighted by Crippen LogP contribution is 2.19. The lowest BCUT2D eigenvalue weighted by Crippen LogP contribution is -2.47. The van der Waals surface area contributed by atoms with Crippen LogP contribution in [0, 0.1) is 0 Å². The summed E-state index contributed by atoms with van der Waals surface area (Å²) in [5.74, 6) is -0.415. The first-order chi connectivity index (χ1) is 10.2. The maximum atomic E-state index is 11.7. The Bertz CT molecular complexity index is 513. The number of hydrogen-bond donors (Lipinski definition) is 1. The summed E-state index contributed by atoms with van der Waals surface area (Å²) in [7, 11) is 1.85. The number of esters is 1. The van der Waals surface area contributed by atoms with Crippen molar-refractivity contribution in [1.82, 2.24) is 10.5 Å². The summed E-state index contributed by atoms with van der Waals surface area (Å²) >= 11 is 0. The van der Waals surface area contributed by atoms with Crippen molar-refractivity contribution in [3.05, 3.63) is 29.3 Å². The first-order valence-corrected chi connectivity index (χ1v) is 7.17. The Morgan fingerprint density at radius 1 is 1.43 bits per heavy atom. The molecule has 0 saturated carbocycles. The molecule has 0 aliphatic carbocycles. The number of benzene rings is 1. The Balaban J connectivity index is 2.14. The van der Waals surface area contributed by atoms with Crippen LogP contribution in [0.1, 0.15) is 40.5 Å². The lowest BCUT2D eigenvalue weighted by molar-refractivity contribution is 0.0526. The van der Waals surface area contributed by atoms with Crippen molar-refractivity contribution in [2.45, 2.75) is 19.8 Å². The summed E-state index contributed by atoms with van der Waals surface area (Å²) in [6.07, 6.45) is 3.09. The molecule has 0 bridgehead atoms. The van der Waals surface area contributed by atoms with Crippen LogP contribution in [0.15, 0.2) is 18.2 Å². The van der Waals surface area contributed by atoms with Gasteiger partial charge in [0.1, 0.15) is 0 Å². The third-order valence-electron chi connectivity index (χ3n) is 3.42. The van der Waals surface area contributed by atoms with Crippen LogP contribution in [-0.2, 0) is 4.74 Å². The average molecular weight is 291 g/mol. The van der Waals surface area contributed by atoms with Gasteiger partial charge >= 0.3 is 5.97 Å². The third kappa shape index (κ3) is 3.80. The van der Waals surface area contributed by atoms with Gasteiger partial charge in [0.15, 0.2) is 6.29 Å². The van der Waals surface area contributed by atoms with Crippen molar-refractivity contribution in [2.24, 2.45) is 0 Å². The van der Waals surface area contributed by atoms with Gasteiger partial charge in [0.05, 0.1) is 17.9 Å². The standard InChI is InChI=1S/C15H21N3O3/c1-3-21-15(20)12-6-7-14(13(10-12)11-19)17(2)16-18-8-4-5-9-18/h6-7,10-11,16H,3-5,8-9H2,1-2H3. The summed E-state index contributed by atoms with van der Waals surface area (Å²) in [5.41, 5.74) is 4.80. The van der Waals surface area contributed by atoms with Gasteiger partial charge < -0.3 is 4.74 Å². The molecule has 0 unspecified atom stereocenters. The molecule has 1 N–H and O–H groups in total. The Morgan fingerprint density at radius 2 is 2.14 bits per heavy atom. The van der Waals surface area contributed by atoms with Crippen molar-refractivity contribution < 1.29 is 14.3 Å². The van der Waals surface area contributed by atoms with Gasteiger partial charge in [-0.1, -0.05) is 0 Å². The van der Waals surface area contributed by atoms with Crippen molar-refractivity contribution in [1.29, 1.82) is 0 Å². The second kappa shape index (κ2) is 7.19. The fourth-order valence-electron chi connectivity index (χ4n) is 2.38. The van der Waals surface area contributed by atoms with Crippen LogP contribution in [0.25, 0.3) is 0 Å². The van der Waals surface area contributed by atoms with E-state index in [1.165, 1.54) is 12.8 Å². The van der Waals surface area contributed by atoms with E-state index in [2.05, 4.69) is 10.5 Å². The molecule has 114 valence electrons. The SMILES string of the molecule is CCOC(=O)c1ccc(N(C)NN2CCCC2)c(C=O)c1. The normalized spacial score (nSPS) is 15.0. The van der Waals surface area contributed by atoms with E-state index in [0.29, 0.717) is 17.7 Å². The number of rotatable bonds is 6. The van der Waals surface area contributed by atoms with Gasteiger partial charge in [-0.3, -0.25) is 9.80 Å². The molecule has 21 heavy (non-hydrogen) atoms. The molecule has 0 aromatic heterocycles. The second-order valence-corrected chi connectivity index (χ2v) is 4.97. The summed E-state index contributed by atoms with van der Waals surface area (Å²) in [6.45, 7) is 4.04. The Kier molecular flexibility index (Phi) is 5.30. The summed E-state index contributed by atoms with van der Waals surface area (Å²) in [6, 6.07) is 4.98. The summed E-state index contributed by atoms with van der Waals surface area (Å²) in [4.78, 5) is 23.0. The number of aldehydes is 1. The van der Waals surface area contributed by atoms with Crippen molar-refractivity contribution in [3.8, 4) is 0 Å². The highest BCUT2D eigenvalue weighted by molar-refractivity contribution is 5.94. The number of nitrogens with one attached hydrogen (secondary N) is 1. The predicted molar refractivity (Wildman–Crippen MR) is 80.1 cm³/mol. The van der Waals surface area contributed by atoms with Crippen LogP contribution < -0.4 is 10.5 Å². The van der Waals surface area contributed by atoms with Crippen molar-refractivity contribution >= 4 is 17.9 Å². The number of carbonyl (C=O) groups excluding carboxylic acids is 2. The number of hydrogen-bond acceptors (Lipinski definition) is 6. The lowest BCUT2D eigenvalue weighted by atomic mass is 10.1. The van der Waals surface area contributed by atoms with Crippen LogP contribution in [0.5, 0.6) is 0 Å².